The van der Waals surface area contributed by atoms with E-state index in [0.29, 0.717) is 24.9 Å². The van der Waals surface area contributed by atoms with Gasteiger partial charge in [-0.1, -0.05) is 38.0 Å². The van der Waals surface area contributed by atoms with Crippen molar-refractivity contribution in [3.63, 3.8) is 0 Å². The van der Waals surface area contributed by atoms with E-state index in [0.717, 1.165) is 5.56 Å². The Kier molecular flexibility index (Phi) is 5.39. The van der Waals surface area contributed by atoms with E-state index in [1.807, 2.05) is 12.1 Å². The molecule has 0 aliphatic heterocycles. The van der Waals surface area contributed by atoms with Crippen molar-refractivity contribution in [2.75, 3.05) is 13.6 Å². The van der Waals surface area contributed by atoms with Gasteiger partial charge in [-0.05, 0) is 50.8 Å². The average molecular weight is 292 g/mol. The van der Waals surface area contributed by atoms with Crippen molar-refractivity contribution in [3.05, 3.63) is 35.6 Å². The number of likely N-dealkylation sites (N-methyl/N-ethyl adjacent to an activating group) is 1. The number of nitrogens with zero attached hydrogens (tertiary/aromatic N) is 1. The van der Waals surface area contributed by atoms with Gasteiger partial charge in [0.15, 0.2) is 0 Å². The third kappa shape index (κ3) is 3.64. The van der Waals surface area contributed by atoms with Crippen LogP contribution in [0.5, 0.6) is 0 Å². The molecule has 2 nitrogen and oxygen atoms in total. The molecule has 1 aliphatic rings. The third-order valence-electron chi connectivity index (χ3n) is 5.38. The Labute approximate surface area is 128 Å². The number of hydrogen-bond acceptors (Lipinski definition) is 2. The van der Waals surface area contributed by atoms with E-state index < -0.39 is 0 Å². The predicted molar refractivity (Wildman–Crippen MR) is 86.7 cm³/mol. The normalized spacial score (nSPS) is 25.8. The predicted octanol–water partition coefficient (Wildman–Crippen LogP) is 3.60. The zero-order valence-corrected chi connectivity index (χ0v) is 13.6. The Bertz CT molecular complexity index is 462. The van der Waals surface area contributed by atoms with Gasteiger partial charge in [0, 0.05) is 18.1 Å². The molecule has 1 aromatic rings. The second kappa shape index (κ2) is 6.89. The van der Waals surface area contributed by atoms with Crippen LogP contribution >= 0.6 is 0 Å². The highest BCUT2D eigenvalue weighted by Gasteiger charge is 2.36. The van der Waals surface area contributed by atoms with Crippen molar-refractivity contribution in [1.82, 2.24) is 4.90 Å². The molecule has 0 amide bonds. The molecule has 3 unspecified atom stereocenters. The van der Waals surface area contributed by atoms with E-state index in [-0.39, 0.29) is 11.4 Å². The van der Waals surface area contributed by atoms with E-state index in [1.54, 1.807) is 6.07 Å². The van der Waals surface area contributed by atoms with Gasteiger partial charge in [-0.25, -0.2) is 4.39 Å². The van der Waals surface area contributed by atoms with Crippen LogP contribution in [0, 0.1) is 11.7 Å². The molecule has 0 saturated heterocycles. The smallest absolute Gasteiger partial charge is 0.126 e. The molecule has 0 heterocycles. The van der Waals surface area contributed by atoms with Gasteiger partial charge in [0.25, 0.3) is 0 Å². The minimum atomic E-state index is -0.196. The lowest BCUT2D eigenvalue weighted by Crippen LogP contribution is -2.57. The topological polar surface area (TPSA) is 29.3 Å². The second-order valence-corrected chi connectivity index (χ2v) is 6.91. The molecule has 1 fully saturated rings. The first-order valence-corrected chi connectivity index (χ1v) is 8.14. The number of benzene rings is 1. The third-order valence-corrected chi connectivity index (χ3v) is 5.38. The first-order valence-electron chi connectivity index (χ1n) is 8.14. The molecule has 1 saturated carbocycles. The Morgan fingerprint density at radius 3 is 2.57 bits per heavy atom. The van der Waals surface area contributed by atoms with Crippen LogP contribution in [-0.2, 0) is 6.42 Å². The van der Waals surface area contributed by atoms with Gasteiger partial charge in [0.2, 0.25) is 0 Å². The maximum absolute atomic E-state index is 14.0. The Morgan fingerprint density at radius 1 is 1.29 bits per heavy atom. The molecule has 2 N–H and O–H groups in total. The van der Waals surface area contributed by atoms with E-state index in [4.69, 9.17) is 5.73 Å². The molecule has 0 spiro atoms. The lowest BCUT2D eigenvalue weighted by atomic mass is 9.81. The summed E-state index contributed by atoms with van der Waals surface area (Å²) in [6.45, 7) is 5.04. The van der Waals surface area contributed by atoms with Crippen LogP contribution in [0.2, 0.25) is 0 Å². The molecule has 118 valence electrons. The maximum atomic E-state index is 14.0. The Balaban J connectivity index is 2.17. The van der Waals surface area contributed by atoms with Gasteiger partial charge in [-0.3, -0.25) is 4.90 Å². The summed E-state index contributed by atoms with van der Waals surface area (Å²) >= 11 is 0. The van der Waals surface area contributed by atoms with Crippen LogP contribution in [-0.4, -0.2) is 30.1 Å². The summed E-state index contributed by atoms with van der Waals surface area (Å²) in [6, 6.07) is 7.61. The molecule has 0 aromatic heterocycles. The lowest BCUT2D eigenvalue weighted by molar-refractivity contribution is 0.0417. The molecule has 0 bridgehead atoms. The molecule has 1 aliphatic carbocycles. The molecule has 3 atom stereocenters. The zero-order valence-electron chi connectivity index (χ0n) is 13.6. The summed E-state index contributed by atoms with van der Waals surface area (Å²) in [4.78, 5) is 2.42. The van der Waals surface area contributed by atoms with Gasteiger partial charge in [-0.15, -0.1) is 0 Å². The largest absolute Gasteiger partial charge is 0.329 e. The molecule has 2 rings (SSSR count). The number of nitrogens with two attached hydrogens (primary N) is 1. The minimum Gasteiger partial charge on any atom is -0.329 e. The number of rotatable bonds is 5. The number of hydrogen-bond donors (Lipinski definition) is 1. The lowest BCUT2D eigenvalue weighted by Gasteiger charge is -2.47. The molecule has 0 radical (unpaired) electrons. The van der Waals surface area contributed by atoms with Crippen LogP contribution in [0.4, 0.5) is 4.39 Å². The van der Waals surface area contributed by atoms with Crippen LogP contribution in [0.25, 0.3) is 0 Å². The van der Waals surface area contributed by atoms with Crippen LogP contribution in [0.15, 0.2) is 24.3 Å². The van der Waals surface area contributed by atoms with Crippen LogP contribution in [0.1, 0.15) is 45.1 Å². The van der Waals surface area contributed by atoms with E-state index in [2.05, 4.69) is 25.8 Å². The first-order chi connectivity index (χ1) is 9.98. The molecular weight excluding hydrogens is 263 g/mol. The summed E-state index contributed by atoms with van der Waals surface area (Å²) in [7, 11) is 2.17. The average Bonchev–Trinajstić information content (AvgIpc) is 2.49. The summed E-state index contributed by atoms with van der Waals surface area (Å²) in [5.41, 5.74) is 6.66. The Morgan fingerprint density at radius 2 is 1.95 bits per heavy atom. The van der Waals surface area contributed by atoms with Gasteiger partial charge < -0.3 is 5.73 Å². The second-order valence-electron chi connectivity index (χ2n) is 6.91. The molecule has 3 heteroatoms. The summed E-state index contributed by atoms with van der Waals surface area (Å²) in [5, 5.41) is 0. The highest BCUT2D eigenvalue weighted by molar-refractivity contribution is 5.20. The highest BCUT2D eigenvalue weighted by Crippen LogP contribution is 2.32. The standard InChI is InChI=1S/C18H29FN2/c1-14-8-4-7-11-17(14)21(3)18(2,13-20)12-15-9-5-6-10-16(15)19/h5-6,9-10,14,17H,4,7-8,11-13,20H2,1-3H3. The fraction of sp³-hybridized carbons (Fsp3) is 0.667. The Hall–Kier alpha value is -0.930. The molecule has 1 aromatic carbocycles. The minimum absolute atomic E-state index is 0.123. The summed E-state index contributed by atoms with van der Waals surface area (Å²) in [6.07, 6.45) is 5.80. The monoisotopic (exact) mass is 292 g/mol. The van der Waals surface area contributed by atoms with Gasteiger partial charge in [-0.2, -0.15) is 0 Å². The van der Waals surface area contributed by atoms with Crippen molar-refractivity contribution in [1.29, 1.82) is 0 Å². The quantitative estimate of drug-likeness (QED) is 0.898. The molecule has 21 heavy (non-hydrogen) atoms. The first kappa shape index (κ1) is 16.4. The van der Waals surface area contributed by atoms with Crippen molar-refractivity contribution < 1.29 is 4.39 Å². The van der Waals surface area contributed by atoms with E-state index in [1.165, 1.54) is 31.7 Å². The fourth-order valence-corrected chi connectivity index (χ4v) is 3.67. The summed E-state index contributed by atoms with van der Waals surface area (Å²) in [5.74, 6) is 0.567. The van der Waals surface area contributed by atoms with Gasteiger partial charge in [0.05, 0.1) is 0 Å². The van der Waals surface area contributed by atoms with Crippen LogP contribution in [0.3, 0.4) is 0 Å². The van der Waals surface area contributed by atoms with Crippen molar-refractivity contribution in [3.8, 4) is 0 Å². The van der Waals surface area contributed by atoms with E-state index >= 15 is 0 Å². The van der Waals surface area contributed by atoms with Gasteiger partial charge in [0.1, 0.15) is 5.82 Å². The van der Waals surface area contributed by atoms with Crippen molar-refractivity contribution in [2.45, 2.75) is 57.5 Å². The number of halogens is 1. The highest BCUT2D eigenvalue weighted by atomic mass is 19.1. The SMILES string of the molecule is CC1CCCCC1N(C)C(C)(CN)Cc1ccccc1F. The van der Waals surface area contributed by atoms with Crippen molar-refractivity contribution >= 4 is 0 Å². The maximum Gasteiger partial charge on any atom is 0.126 e. The zero-order chi connectivity index (χ0) is 15.5. The van der Waals surface area contributed by atoms with Crippen molar-refractivity contribution in [2.24, 2.45) is 11.7 Å². The van der Waals surface area contributed by atoms with E-state index in [9.17, 15) is 4.39 Å². The summed E-state index contributed by atoms with van der Waals surface area (Å²) < 4.78 is 14.0. The van der Waals surface area contributed by atoms with Gasteiger partial charge >= 0.3 is 0 Å². The van der Waals surface area contributed by atoms with Crippen LogP contribution < -0.4 is 5.73 Å². The molecular formula is C18H29FN2. The fourth-order valence-electron chi connectivity index (χ4n) is 3.67.